The maximum absolute atomic E-state index is 12.9. The fourth-order valence-corrected chi connectivity index (χ4v) is 3.34. The summed E-state index contributed by atoms with van der Waals surface area (Å²) in [5.41, 5.74) is 4.69. The minimum Gasteiger partial charge on any atom is -0.378 e. The van der Waals surface area contributed by atoms with E-state index in [1.54, 1.807) is 36.4 Å². The molecular formula is C25H22BrN5O4. The van der Waals surface area contributed by atoms with E-state index >= 15 is 0 Å². The lowest BCUT2D eigenvalue weighted by molar-refractivity contribution is -0.385. The van der Waals surface area contributed by atoms with E-state index in [4.69, 9.17) is 0 Å². The highest BCUT2D eigenvalue weighted by molar-refractivity contribution is 9.10. The molecule has 10 heteroatoms. The molecule has 0 unspecified atom stereocenters. The molecule has 0 aromatic heterocycles. The van der Waals surface area contributed by atoms with Crippen LogP contribution in [0.4, 0.5) is 11.4 Å². The van der Waals surface area contributed by atoms with Gasteiger partial charge in [0.15, 0.2) is 0 Å². The third-order valence-electron chi connectivity index (χ3n) is 4.80. The Morgan fingerprint density at radius 2 is 1.66 bits per heavy atom. The van der Waals surface area contributed by atoms with E-state index in [1.165, 1.54) is 24.4 Å². The Morgan fingerprint density at radius 1 is 1.00 bits per heavy atom. The van der Waals surface area contributed by atoms with Crippen LogP contribution in [0.15, 0.2) is 88.1 Å². The van der Waals surface area contributed by atoms with E-state index in [0.29, 0.717) is 21.2 Å². The molecule has 3 aromatic carbocycles. The van der Waals surface area contributed by atoms with E-state index in [1.807, 2.05) is 43.3 Å². The van der Waals surface area contributed by atoms with Crippen LogP contribution in [0.1, 0.15) is 21.5 Å². The first-order valence-corrected chi connectivity index (χ1v) is 11.2. The largest absolute Gasteiger partial charge is 0.378 e. The second-order valence-corrected chi connectivity index (χ2v) is 8.39. The molecule has 178 valence electrons. The van der Waals surface area contributed by atoms with Gasteiger partial charge in [-0.3, -0.25) is 19.7 Å². The molecule has 9 nitrogen and oxygen atoms in total. The standard InChI is InChI=1S/C25H22BrN5O4/c1-30(2)20-11-8-17(9-12-20)14-22(28-24(32)19-6-4-3-5-7-19)25(33)29-27-16-18-10-13-21(26)23(15-18)31(34)35/h3-16H,1-2H3,(H,28,32)(H,29,33)/b22-14-,27-16+. The third-order valence-corrected chi connectivity index (χ3v) is 5.47. The summed E-state index contributed by atoms with van der Waals surface area (Å²) in [5.74, 6) is -1.11. The maximum Gasteiger partial charge on any atom is 0.287 e. The van der Waals surface area contributed by atoms with Gasteiger partial charge in [0, 0.05) is 37.0 Å². The zero-order chi connectivity index (χ0) is 25.4. The summed E-state index contributed by atoms with van der Waals surface area (Å²) < 4.78 is 0.331. The molecule has 0 aliphatic rings. The topological polar surface area (TPSA) is 117 Å². The summed E-state index contributed by atoms with van der Waals surface area (Å²) in [5, 5.41) is 17.6. The fraction of sp³-hybridized carbons (Fsp3) is 0.0800. The van der Waals surface area contributed by atoms with Gasteiger partial charge in [0.2, 0.25) is 0 Å². The predicted molar refractivity (Wildman–Crippen MR) is 139 cm³/mol. The summed E-state index contributed by atoms with van der Waals surface area (Å²) in [6.45, 7) is 0. The summed E-state index contributed by atoms with van der Waals surface area (Å²) in [6, 6.07) is 20.4. The molecule has 0 radical (unpaired) electrons. The second kappa shape index (κ2) is 11.7. The number of nitro groups is 1. The Balaban J connectivity index is 1.82. The zero-order valence-corrected chi connectivity index (χ0v) is 20.5. The van der Waals surface area contributed by atoms with Gasteiger partial charge in [-0.2, -0.15) is 5.10 Å². The van der Waals surface area contributed by atoms with Gasteiger partial charge in [0.1, 0.15) is 5.70 Å². The Labute approximate surface area is 210 Å². The van der Waals surface area contributed by atoms with Crippen LogP contribution in [0.5, 0.6) is 0 Å². The van der Waals surface area contributed by atoms with Gasteiger partial charge in [-0.05, 0) is 57.9 Å². The molecule has 0 spiro atoms. The highest BCUT2D eigenvalue weighted by Gasteiger charge is 2.15. The molecule has 3 aromatic rings. The van der Waals surface area contributed by atoms with E-state index in [2.05, 4.69) is 31.8 Å². The molecule has 0 bridgehead atoms. The Bertz CT molecular complexity index is 1290. The molecule has 0 atom stereocenters. The summed E-state index contributed by atoms with van der Waals surface area (Å²) in [4.78, 5) is 38.1. The second-order valence-electron chi connectivity index (χ2n) is 7.53. The van der Waals surface area contributed by atoms with Crippen molar-refractivity contribution < 1.29 is 14.5 Å². The van der Waals surface area contributed by atoms with E-state index in [-0.39, 0.29) is 11.4 Å². The lowest BCUT2D eigenvalue weighted by atomic mass is 10.1. The number of amides is 2. The van der Waals surface area contributed by atoms with Crippen molar-refractivity contribution in [3.8, 4) is 0 Å². The van der Waals surface area contributed by atoms with E-state index in [0.717, 1.165) is 5.69 Å². The minimum atomic E-state index is -0.658. The number of carbonyl (C=O) groups excluding carboxylic acids is 2. The average molecular weight is 536 g/mol. The first kappa shape index (κ1) is 25.3. The molecule has 0 aliphatic carbocycles. The predicted octanol–water partition coefficient (Wildman–Crippen LogP) is 4.34. The van der Waals surface area contributed by atoms with Crippen molar-refractivity contribution in [3.63, 3.8) is 0 Å². The van der Waals surface area contributed by atoms with Gasteiger partial charge in [-0.15, -0.1) is 0 Å². The number of benzene rings is 3. The summed E-state index contributed by atoms with van der Waals surface area (Å²) in [7, 11) is 3.84. The number of nitrogens with one attached hydrogen (secondary N) is 2. The summed E-state index contributed by atoms with van der Waals surface area (Å²) >= 11 is 3.12. The van der Waals surface area contributed by atoms with Gasteiger partial charge in [-0.1, -0.05) is 36.4 Å². The monoisotopic (exact) mass is 535 g/mol. The van der Waals surface area contributed by atoms with Gasteiger partial charge in [-0.25, -0.2) is 5.43 Å². The van der Waals surface area contributed by atoms with Crippen LogP contribution >= 0.6 is 15.9 Å². The van der Waals surface area contributed by atoms with Crippen molar-refractivity contribution in [1.29, 1.82) is 0 Å². The number of rotatable bonds is 8. The maximum atomic E-state index is 12.9. The first-order valence-electron chi connectivity index (χ1n) is 10.4. The molecule has 0 saturated heterocycles. The highest BCUT2D eigenvalue weighted by Crippen LogP contribution is 2.25. The molecule has 0 aliphatic heterocycles. The van der Waals surface area contributed by atoms with Gasteiger partial charge in [0.25, 0.3) is 17.5 Å². The number of carbonyl (C=O) groups is 2. The minimum absolute atomic E-state index is 0.0182. The average Bonchev–Trinajstić information content (AvgIpc) is 2.85. The van der Waals surface area contributed by atoms with Crippen molar-refractivity contribution in [2.75, 3.05) is 19.0 Å². The van der Waals surface area contributed by atoms with Crippen molar-refractivity contribution in [2.24, 2.45) is 5.10 Å². The van der Waals surface area contributed by atoms with E-state index < -0.39 is 16.7 Å². The Hall–Kier alpha value is -4.31. The number of hydrogen-bond acceptors (Lipinski definition) is 6. The number of anilines is 1. The molecule has 0 saturated carbocycles. The van der Waals surface area contributed by atoms with Crippen LogP contribution in [0.25, 0.3) is 6.08 Å². The Kier molecular flexibility index (Phi) is 8.47. The number of hydrazone groups is 1. The fourth-order valence-electron chi connectivity index (χ4n) is 2.95. The zero-order valence-electron chi connectivity index (χ0n) is 18.9. The quantitative estimate of drug-likeness (QED) is 0.192. The number of halogens is 1. The number of hydrogen-bond donors (Lipinski definition) is 2. The van der Waals surface area contributed by atoms with Crippen molar-refractivity contribution in [1.82, 2.24) is 10.7 Å². The van der Waals surface area contributed by atoms with Crippen molar-refractivity contribution in [3.05, 3.63) is 110 Å². The summed E-state index contributed by atoms with van der Waals surface area (Å²) in [6.07, 6.45) is 2.81. The highest BCUT2D eigenvalue weighted by atomic mass is 79.9. The number of nitrogens with zero attached hydrogens (tertiary/aromatic N) is 3. The lowest BCUT2D eigenvalue weighted by Crippen LogP contribution is -2.32. The van der Waals surface area contributed by atoms with Gasteiger partial charge in [0.05, 0.1) is 15.6 Å². The first-order chi connectivity index (χ1) is 16.7. The smallest absolute Gasteiger partial charge is 0.287 e. The van der Waals surface area contributed by atoms with Gasteiger partial charge >= 0.3 is 0 Å². The molecule has 2 amide bonds. The normalized spacial score (nSPS) is 11.2. The van der Waals surface area contributed by atoms with Crippen molar-refractivity contribution in [2.45, 2.75) is 0 Å². The SMILES string of the molecule is CN(C)c1ccc(/C=C(\NC(=O)c2ccccc2)C(=O)N/N=C/c2ccc(Br)c([N+](=O)[O-])c2)cc1. The van der Waals surface area contributed by atoms with Crippen LogP contribution in [-0.4, -0.2) is 37.0 Å². The van der Waals surface area contributed by atoms with Crippen LogP contribution in [0.3, 0.4) is 0 Å². The van der Waals surface area contributed by atoms with Crippen LogP contribution in [0.2, 0.25) is 0 Å². The van der Waals surface area contributed by atoms with Crippen LogP contribution in [-0.2, 0) is 4.79 Å². The molecule has 35 heavy (non-hydrogen) atoms. The molecule has 3 rings (SSSR count). The molecule has 0 heterocycles. The van der Waals surface area contributed by atoms with Crippen LogP contribution in [0, 0.1) is 10.1 Å². The molecular weight excluding hydrogens is 514 g/mol. The third kappa shape index (κ3) is 7.08. The lowest BCUT2D eigenvalue weighted by Gasteiger charge is -2.12. The van der Waals surface area contributed by atoms with Gasteiger partial charge < -0.3 is 10.2 Å². The van der Waals surface area contributed by atoms with Crippen LogP contribution < -0.4 is 15.6 Å². The Morgan fingerprint density at radius 3 is 2.29 bits per heavy atom. The number of nitro benzene ring substituents is 1. The van der Waals surface area contributed by atoms with E-state index in [9.17, 15) is 19.7 Å². The molecule has 0 fully saturated rings. The van der Waals surface area contributed by atoms with Crippen molar-refractivity contribution >= 4 is 51.4 Å². The molecule has 2 N–H and O–H groups in total.